The Morgan fingerprint density at radius 1 is 1.32 bits per heavy atom. The molecule has 25 heavy (non-hydrogen) atoms. The summed E-state index contributed by atoms with van der Waals surface area (Å²) in [5.74, 6) is -0.00961. The number of likely N-dealkylation sites (N-methyl/N-ethyl adjacent to an activating group) is 1. The van der Waals surface area contributed by atoms with Gasteiger partial charge in [-0.25, -0.2) is 8.42 Å². The number of amidine groups is 1. The Hall–Kier alpha value is -1.90. The third-order valence-corrected chi connectivity index (χ3v) is 6.35. The fraction of sp³-hybridized carbons (Fsp3) is 0.250. The van der Waals surface area contributed by atoms with Gasteiger partial charge in [0.2, 0.25) is 5.91 Å². The van der Waals surface area contributed by atoms with E-state index in [1.165, 1.54) is 17.4 Å². The summed E-state index contributed by atoms with van der Waals surface area (Å²) in [4.78, 5) is 19.5. The Bertz CT molecular complexity index is 953. The van der Waals surface area contributed by atoms with Crippen molar-refractivity contribution in [3.05, 3.63) is 51.2 Å². The fourth-order valence-corrected chi connectivity index (χ4v) is 4.93. The van der Waals surface area contributed by atoms with E-state index in [4.69, 9.17) is 11.6 Å². The second-order valence-electron chi connectivity index (χ2n) is 5.66. The second-order valence-corrected chi connectivity index (χ2v) is 9.11. The average molecular weight is 398 g/mol. The first-order chi connectivity index (χ1) is 11.8. The number of nitrogens with one attached hydrogen (secondary N) is 1. The first-order valence-corrected chi connectivity index (χ1v) is 10.1. The molecule has 0 radical (unpaired) electrons. The second kappa shape index (κ2) is 6.78. The fourth-order valence-electron chi connectivity index (χ4n) is 2.55. The number of rotatable bonds is 4. The molecule has 1 aliphatic heterocycles. The molecule has 9 heteroatoms. The molecule has 0 fully saturated rings. The number of benzene rings is 1. The maximum absolute atomic E-state index is 12.5. The molecular formula is C16H16ClN3O3S2. The van der Waals surface area contributed by atoms with Crippen molar-refractivity contribution in [2.75, 3.05) is 7.05 Å². The van der Waals surface area contributed by atoms with Crippen molar-refractivity contribution in [1.29, 1.82) is 0 Å². The summed E-state index contributed by atoms with van der Waals surface area (Å²) in [6.45, 7) is 2.07. The predicted octanol–water partition coefficient (Wildman–Crippen LogP) is 2.49. The zero-order chi connectivity index (χ0) is 18.2. The van der Waals surface area contributed by atoms with Gasteiger partial charge in [0.05, 0.1) is 15.8 Å². The van der Waals surface area contributed by atoms with Crippen LogP contribution in [0, 0.1) is 0 Å². The van der Waals surface area contributed by atoms with Gasteiger partial charge < -0.3 is 4.90 Å². The molecule has 0 saturated heterocycles. The first-order valence-electron chi connectivity index (χ1n) is 7.47. The Morgan fingerprint density at radius 2 is 2.04 bits per heavy atom. The molecule has 2 heterocycles. The summed E-state index contributed by atoms with van der Waals surface area (Å²) < 4.78 is 27.3. The lowest BCUT2D eigenvalue weighted by atomic mass is 10.2. The minimum Gasteiger partial charge on any atom is -0.339 e. The van der Waals surface area contributed by atoms with E-state index in [0.717, 1.165) is 4.88 Å². The van der Waals surface area contributed by atoms with Crippen LogP contribution >= 0.6 is 22.9 Å². The molecule has 132 valence electrons. The average Bonchev–Trinajstić information content (AvgIpc) is 3.08. The van der Waals surface area contributed by atoms with E-state index in [0.29, 0.717) is 16.4 Å². The van der Waals surface area contributed by atoms with Gasteiger partial charge in [0, 0.05) is 17.5 Å². The van der Waals surface area contributed by atoms with Gasteiger partial charge in [-0.05, 0) is 31.2 Å². The SMILES string of the molecule is C[C@@H](N=C1NS(=O)(=O)c2ccccc21)C(=O)N(C)Cc1ccc(Cl)s1. The standard InChI is InChI=1S/C16H16ClN3O3S2/c1-10(16(21)20(2)9-11-7-8-14(17)24-11)18-15-12-5-3-4-6-13(12)25(22,23)19-15/h3-8,10H,9H2,1-2H3,(H,18,19)/t10-/m1/s1. The van der Waals surface area contributed by atoms with Crippen molar-refractivity contribution in [3.8, 4) is 0 Å². The van der Waals surface area contributed by atoms with Crippen molar-refractivity contribution in [3.63, 3.8) is 0 Å². The number of halogens is 1. The van der Waals surface area contributed by atoms with Crippen LogP contribution < -0.4 is 4.72 Å². The van der Waals surface area contributed by atoms with Crippen molar-refractivity contribution < 1.29 is 13.2 Å². The van der Waals surface area contributed by atoms with Gasteiger partial charge in [-0.3, -0.25) is 14.5 Å². The summed E-state index contributed by atoms with van der Waals surface area (Å²) in [5, 5.41) is 0. The third kappa shape index (κ3) is 3.70. The number of thiophene rings is 1. The molecule has 1 aliphatic rings. The van der Waals surface area contributed by atoms with Gasteiger partial charge in [0.1, 0.15) is 11.9 Å². The molecule has 6 nitrogen and oxygen atoms in total. The molecule has 1 aromatic heterocycles. The van der Waals surface area contributed by atoms with Gasteiger partial charge in [-0.1, -0.05) is 23.7 Å². The maximum Gasteiger partial charge on any atom is 0.263 e. The molecule has 0 aliphatic carbocycles. The molecule has 3 rings (SSSR count). The van der Waals surface area contributed by atoms with Crippen LogP contribution in [0.4, 0.5) is 0 Å². The van der Waals surface area contributed by atoms with Gasteiger partial charge in [-0.15, -0.1) is 11.3 Å². The number of carbonyl (C=O) groups is 1. The van der Waals surface area contributed by atoms with Crippen LogP contribution in [0.1, 0.15) is 17.4 Å². The molecule has 2 aromatic rings. The molecule has 1 atom stereocenters. The Morgan fingerprint density at radius 3 is 2.72 bits per heavy atom. The van der Waals surface area contributed by atoms with Crippen LogP contribution in [0.2, 0.25) is 4.34 Å². The van der Waals surface area contributed by atoms with Crippen LogP contribution in [0.15, 0.2) is 46.3 Å². The van der Waals surface area contributed by atoms with E-state index >= 15 is 0 Å². The highest BCUT2D eigenvalue weighted by Crippen LogP contribution is 2.24. The largest absolute Gasteiger partial charge is 0.339 e. The number of sulfonamides is 1. The number of nitrogens with zero attached hydrogens (tertiary/aromatic N) is 2. The van der Waals surface area contributed by atoms with Crippen LogP contribution in [0.25, 0.3) is 0 Å². The Balaban J connectivity index is 1.78. The van der Waals surface area contributed by atoms with Crippen molar-refractivity contribution in [2.45, 2.75) is 24.4 Å². The van der Waals surface area contributed by atoms with Gasteiger partial charge in [-0.2, -0.15) is 0 Å². The van der Waals surface area contributed by atoms with Crippen LogP contribution in [0.5, 0.6) is 0 Å². The lowest BCUT2D eigenvalue weighted by molar-refractivity contribution is -0.131. The van der Waals surface area contributed by atoms with E-state index < -0.39 is 16.1 Å². The van der Waals surface area contributed by atoms with Crippen LogP contribution in [-0.4, -0.2) is 38.2 Å². The normalized spacial score (nSPS) is 17.8. The first kappa shape index (κ1) is 17.9. The molecular weight excluding hydrogens is 382 g/mol. The minimum absolute atomic E-state index is 0.176. The van der Waals surface area contributed by atoms with Crippen molar-refractivity contribution in [2.24, 2.45) is 4.99 Å². The monoisotopic (exact) mass is 397 g/mol. The number of hydrogen-bond acceptors (Lipinski definition) is 5. The number of hydrogen-bond donors (Lipinski definition) is 1. The third-order valence-electron chi connectivity index (χ3n) is 3.74. The van der Waals surface area contributed by atoms with Gasteiger partial charge >= 0.3 is 0 Å². The summed E-state index contributed by atoms with van der Waals surface area (Å²) in [5.41, 5.74) is 0.481. The zero-order valence-corrected chi connectivity index (χ0v) is 16.0. The number of carbonyl (C=O) groups excluding carboxylic acids is 1. The molecule has 0 unspecified atom stereocenters. The molecule has 0 spiro atoms. The summed E-state index contributed by atoms with van der Waals surface area (Å²) in [6, 6.07) is 9.50. The van der Waals surface area contributed by atoms with Crippen molar-refractivity contribution in [1.82, 2.24) is 9.62 Å². The summed E-state index contributed by atoms with van der Waals surface area (Å²) in [6.07, 6.45) is 0. The smallest absolute Gasteiger partial charge is 0.263 e. The number of amides is 1. The van der Waals surface area contributed by atoms with Crippen LogP contribution in [-0.2, 0) is 21.4 Å². The zero-order valence-electron chi connectivity index (χ0n) is 13.6. The highest BCUT2D eigenvalue weighted by molar-refractivity contribution is 7.90. The van der Waals surface area contributed by atoms with E-state index in [1.54, 1.807) is 43.1 Å². The highest BCUT2D eigenvalue weighted by Gasteiger charge is 2.31. The molecule has 1 aromatic carbocycles. The minimum atomic E-state index is -3.61. The van der Waals surface area contributed by atoms with Crippen molar-refractivity contribution >= 4 is 44.7 Å². The van der Waals surface area contributed by atoms with E-state index in [2.05, 4.69) is 9.71 Å². The lowest BCUT2D eigenvalue weighted by Gasteiger charge is -2.19. The number of aliphatic imine (C=N–C) groups is 1. The quantitative estimate of drug-likeness (QED) is 0.860. The lowest BCUT2D eigenvalue weighted by Crippen LogP contribution is -2.35. The molecule has 1 N–H and O–H groups in total. The molecule has 0 saturated carbocycles. The van der Waals surface area contributed by atoms with Gasteiger partial charge in [0.25, 0.3) is 10.0 Å². The molecule has 1 amide bonds. The van der Waals surface area contributed by atoms with E-state index in [1.807, 2.05) is 6.07 Å². The number of fused-ring (bicyclic) bond motifs is 1. The predicted molar refractivity (Wildman–Crippen MR) is 98.6 cm³/mol. The van der Waals surface area contributed by atoms with E-state index in [9.17, 15) is 13.2 Å². The Kier molecular flexibility index (Phi) is 4.86. The van der Waals surface area contributed by atoms with Crippen LogP contribution in [0.3, 0.4) is 0 Å². The topological polar surface area (TPSA) is 78.8 Å². The molecule has 0 bridgehead atoms. The van der Waals surface area contributed by atoms with E-state index in [-0.39, 0.29) is 16.6 Å². The Labute approximate surface area is 155 Å². The highest BCUT2D eigenvalue weighted by atomic mass is 35.5. The van der Waals surface area contributed by atoms with Gasteiger partial charge in [0.15, 0.2) is 0 Å². The maximum atomic E-state index is 12.5. The summed E-state index contributed by atoms with van der Waals surface area (Å²) >= 11 is 7.31. The summed E-state index contributed by atoms with van der Waals surface area (Å²) in [7, 11) is -1.93.